The second-order valence-electron chi connectivity index (χ2n) is 26.6. The fraction of sp³-hybridized carbons (Fsp3) is 0.0204. The number of hydrogen-bond donors (Lipinski definition) is 0. The summed E-state index contributed by atoms with van der Waals surface area (Å²) in [4.78, 5) is 40.4. The maximum atomic E-state index is 13.9. The van der Waals surface area contributed by atoms with E-state index in [4.69, 9.17) is 32.9 Å². The SMILES string of the molecule is [C-]#[N+]c1cc2sc3c(-c4ccccn4)cccc3c2cc1F.[C-]#[N+]c1ccc2c(c1)sc1c(-c3ccc(C)cn3)cccc12.[C-]#[N+]c1cccc2c1[se]c1c(-c3ccccn3)cccc12.[C-]#[N+]c1cccc2c1sc1c(-c3cc(-c4ccccc4)ccn3)cccc12.[C-]#[N+]c1cccc2c1sc1c(-c3ccc(C)cn3)cccc12. The Hall–Kier alpha value is -14.1. The molecule has 0 unspecified atom stereocenters. The molecule has 0 saturated carbocycles. The Labute approximate surface area is 677 Å². The summed E-state index contributed by atoms with van der Waals surface area (Å²) in [6.07, 6.45) is 9.26. The second-order valence-corrected chi connectivity index (χ2v) is 32.9. The van der Waals surface area contributed by atoms with Crippen LogP contribution in [0.3, 0.4) is 0 Å². The molecule has 114 heavy (non-hydrogen) atoms. The summed E-state index contributed by atoms with van der Waals surface area (Å²) < 4.78 is 25.3. The molecule has 11 aromatic carbocycles. The molecule has 0 amide bonds. The van der Waals surface area contributed by atoms with Gasteiger partial charge < -0.3 is 0 Å². The van der Waals surface area contributed by atoms with E-state index in [1.54, 1.807) is 57.6 Å². The summed E-state index contributed by atoms with van der Waals surface area (Å²) in [5.74, 6) is -0.467. The number of pyridine rings is 5. The van der Waals surface area contributed by atoms with Crippen molar-refractivity contribution in [2.45, 2.75) is 13.8 Å². The van der Waals surface area contributed by atoms with Gasteiger partial charge in [-0.25, -0.2) is 23.8 Å². The van der Waals surface area contributed by atoms with E-state index in [2.05, 4.69) is 183 Å². The van der Waals surface area contributed by atoms with Gasteiger partial charge in [-0.1, -0.05) is 170 Å². The number of hydrogen-bond acceptors (Lipinski definition) is 9. The van der Waals surface area contributed by atoms with Crippen LogP contribution in [0.1, 0.15) is 11.1 Å². The van der Waals surface area contributed by atoms with E-state index in [0.717, 1.165) is 124 Å². The molecule has 16 heteroatoms. The molecule has 0 aliphatic heterocycles. The van der Waals surface area contributed by atoms with Crippen molar-refractivity contribution in [1.82, 2.24) is 24.9 Å². The van der Waals surface area contributed by atoms with E-state index < -0.39 is 5.82 Å². The third-order valence-corrected chi connectivity index (χ3v) is 27.2. The Kier molecular flexibility index (Phi) is 20.5. The zero-order valence-corrected chi connectivity index (χ0v) is 65.8. The van der Waals surface area contributed by atoms with Crippen molar-refractivity contribution in [3.63, 3.8) is 0 Å². The summed E-state index contributed by atoms with van der Waals surface area (Å²) >= 11 is 6.84. The zero-order chi connectivity index (χ0) is 77.8. The van der Waals surface area contributed by atoms with Gasteiger partial charge in [0.2, 0.25) is 17.1 Å². The van der Waals surface area contributed by atoms with Crippen LogP contribution in [-0.4, -0.2) is 39.4 Å². The molecule has 536 valence electrons. The molecule has 0 bridgehead atoms. The molecule has 21 rings (SSSR count). The summed E-state index contributed by atoms with van der Waals surface area (Å²) in [5, 5.41) is 11.5. The van der Waals surface area contributed by atoms with Crippen molar-refractivity contribution in [2.75, 3.05) is 0 Å². The number of aryl methyl sites for hydroxylation is 2. The fourth-order valence-electron chi connectivity index (χ4n) is 14.1. The van der Waals surface area contributed by atoms with Crippen LogP contribution < -0.4 is 0 Å². The third-order valence-electron chi connectivity index (χ3n) is 19.6. The molecular weight excluding hydrogens is 1540 g/mol. The van der Waals surface area contributed by atoms with Crippen LogP contribution in [0, 0.1) is 52.5 Å². The predicted molar refractivity (Wildman–Crippen MR) is 478 cm³/mol. The van der Waals surface area contributed by atoms with E-state index >= 15 is 0 Å². The molecule has 0 aliphatic carbocycles. The van der Waals surface area contributed by atoms with Gasteiger partial charge in [-0.05, 0) is 118 Å². The minimum Gasteiger partial charge on any atom is -0.256 e. The van der Waals surface area contributed by atoms with Crippen molar-refractivity contribution in [3.05, 3.63) is 384 Å². The van der Waals surface area contributed by atoms with Crippen LogP contribution in [0.4, 0.5) is 32.8 Å². The minimum absolute atomic E-state index is 0.0680. The van der Waals surface area contributed by atoms with Crippen LogP contribution in [-0.2, 0) is 0 Å². The van der Waals surface area contributed by atoms with Crippen molar-refractivity contribution in [1.29, 1.82) is 0 Å². The van der Waals surface area contributed by atoms with Crippen molar-refractivity contribution in [2.24, 2.45) is 0 Å². The first kappa shape index (κ1) is 72.8. The van der Waals surface area contributed by atoms with E-state index in [9.17, 15) is 4.39 Å². The number of aromatic nitrogens is 5. The molecular formula is C98H57FN10S4Se. The van der Waals surface area contributed by atoms with E-state index in [1.807, 2.05) is 172 Å². The van der Waals surface area contributed by atoms with Gasteiger partial charge in [0.1, 0.15) is 5.82 Å². The molecule has 0 radical (unpaired) electrons. The Bertz CT molecular complexity index is 7530. The largest absolute Gasteiger partial charge is 0.256 e. The van der Waals surface area contributed by atoms with Gasteiger partial charge in [0, 0.05) is 101 Å². The quantitative estimate of drug-likeness (QED) is 0.122. The predicted octanol–water partition coefficient (Wildman–Crippen LogP) is 29.8. The number of benzene rings is 11. The van der Waals surface area contributed by atoms with Crippen molar-refractivity contribution < 1.29 is 4.39 Å². The molecule has 0 atom stereocenters. The molecule has 0 aliphatic rings. The summed E-state index contributed by atoms with van der Waals surface area (Å²) in [6, 6.07) is 92.8. The maximum Gasteiger partial charge on any atom is 0.204 e. The first-order valence-electron chi connectivity index (χ1n) is 36.1. The third kappa shape index (κ3) is 14.2. The zero-order valence-electron chi connectivity index (χ0n) is 60.8. The van der Waals surface area contributed by atoms with Crippen LogP contribution >= 0.6 is 45.3 Å². The van der Waals surface area contributed by atoms with E-state index in [1.165, 1.54) is 72.1 Å². The smallest absolute Gasteiger partial charge is 0.204 e. The number of nitrogens with zero attached hydrogens (tertiary/aromatic N) is 10. The van der Waals surface area contributed by atoms with Crippen LogP contribution in [0.25, 0.3) is 192 Å². The number of fused-ring (bicyclic) bond motifs is 15. The molecule has 10 nitrogen and oxygen atoms in total. The Balaban J connectivity index is 0.000000103. The van der Waals surface area contributed by atoms with Crippen molar-refractivity contribution in [3.8, 4) is 67.4 Å². The van der Waals surface area contributed by atoms with Gasteiger partial charge in [0.25, 0.3) is 0 Å². The summed E-state index contributed by atoms with van der Waals surface area (Å²) in [7, 11) is 0. The molecule has 21 aromatic rings. The number of rotatable bonds is 6. The van der Waals surface area contributed by atoms with Gasteiger partial charge >= 0.3 is 128 Å². The first-order chi connectivity index (χ1) is 56.0. The van der Waals surface area contributed by atoms with Crippen molar-refractivity contribution >= 4 is 188 Å². The van der Waals surface area contributed by atoms with Gasteiger partial charge in [0.05, 0.1) is 49.1 Å². The van der Waals surface area contributed by atoms with Crippen LogP contribution in [0.5, 0.6) is 0 Å². The molecule has 0 saturated heterocycles. The number of thiophene rings is 4. The Morgan fingerprint density at radius 2 is 0.711 bits per heavy atom. The molecule has 0 N–H and O–H groups in total. The fourth-order valence-corrected chi connectivity index (χ4v) is 21.9. The Morgan fingerprint density at radius 1 is 0.281 bits per heavy atom. The molecule has 0 spiro atoms. The van der Waals surface area contributed by atoms with Gasteiger partial charge in [-0.3, -0.25) is 19.9 Å². The first-order valence-corrected chi connectivity index (χ1v) is 41.0. The normalized spacial score (nSPS) is 10.9. The second kappa shape index (κ2) is 32.1. The van der Waals surface area contributed by atoms with Gasteiger partial charge in [0.15, 0.2) is 5.69 Å². The summed E-state index contributed by atoms with van der Waals surface area (Å²) in [5.41, 5.74) is 18.1. The minimum atomic E-state index is -0.467. The topological polar surface area (TPSA) is 86.2 Å². The van der Waals surface area contributed by atoms with Gasteiger partial charge in [-0.15, -0.1) is 45.3 Å². The van der Waals surface area contributed by atoms with Crippen LogP contribution in [0.15, 0.2) is 310 Å². The average Bonchev–Trinajstić information content (AvgIpc) is 1.77. The van der Waals surface area contributed by atoms with Crippen LogP contribution in [0.2, 0.25) is 0 Å². The maximum absolute atomic E-state index is 13.9. The summed E-state index contributed by atoms with van der Waals surface area (Å²) in [6.45, 7) is 40.5. The molecule has 10 aromatic heterocycles. The molecule has 10 heterocycles. The van der Waals surface area contributed by atoms with E-state index in [-0.39, 0.29) is 20.2 Å². The van der Waals surface area contributed by atoms with Gasteiger partial charge in [-0.2, -0.15) is 0 Å². The Morgan fingerprint density at radius 3 is 1.22 bits per heavy atom. The average molecular weight is 1600 g/mol. The standard InChI is InChI=1S/C24H14N2S.2C19H12N2S.C18H9FN2S.C18H10N2Se/c1-25-21-12-6-10-19-18-9-5-11-20(23(18)27-24(19)21)22-15-17(13-14-26-22)16-7-3-2-4-8-16;1-12-9-10-16(21-11-12)15-7-3-5-13-14-6-4-8-17(20-2)19(14)22-18(13)15;1-12-6-9-17(21-11-12)16-5-3-4-15-14-8-7-13(20-2)10-18(14)22-19(15)16;1-20-16-10-17-13(9-14(16)19)11-5-4-6-12(18(11)22-17)15-7-2-3-8-21-15;1-19-16-10-5-7-13-12-6-4-8-14(17(12)21-18(13)16)15-9-2-3-11-20-15/h2-15H;2*3-11H,1H3;2-10H;2-11H. The number of halogens is 1. The monoisotopic (exact) mass is 1600 g/mol. The molecule has 0 fully saturated rings. The van der Waals surface area contributed by atoms with E-state index in [0.29, 0.717) is 11.4 Å².